The van der Waals surface area contributed by atoms with Crippen molar-refractivity contribution >= 4 is 23.2 Å². The quantitative estimate of drug-likeness (QED) is 0.773. The summed E-state index contributed by atoms with van der Waals surface area (Å²) < 4.78 is 0. The van der Waals surface area contributed by atoms with Crippen LogP contribution in [0.3, 0.4) is 0 Å². The number of amides is 1. The molecule has 0 radical (unpaired) electrons. The maximum Gasteiger partial charge on any atom is 0.258 e. The van der Waals surface area contributed by atoms with Gasteiger partial charge in [-0.15, -0.1) is 0 Å². The third-order valence-electron chi connectivity index (χ3n) is 3.02. The molecule has 0 saturated carbocycles. The molecule has 2 aromatic rings. The Hall–Kier alpha value is -1.87. The fourth-order valence-corrected chi connectivity index (χ4v) is 2.14. The molecule has 1 amide bonds. The number of nitrogens with zero attached hydrogens (tertiary/aromatic N) is 2. The zero-order valence-corrected chi connectivity index (χ0v) is 12.2. The summed E-state index contributed by atoms with van der Waals surface area (Å²) in [5, 5.41) is 0.333. The Morgan fingerprint density at radius 2 is 2.00 bits per heavy atom. The van der Waals surface area contributed by atoms with Gasteiger partial charge in [0, 0.05) is 24.0 Å². The average molecular weight is 289 g/mol. The normalized spacial score (nSPS) is 10.3. The number of pyridine rings is 1. The highest BCUT2D eigenvalue weighted by Crippen LogP contribution is 2.18. The van der Waals surface area contributed by atoms with Crippen molar-refractivity contribution in [3.63, 3.8) is 0 Å². The van der Waals surface area contributed by atoms with Gasteiger partial charge in [0.05, 0.1) is 0 Å². The van der Waals surface area contributed by atoms with Gasteiger partial charge in [0.2, 0.25) is 0 Å². The third-order valence-corrected chi connectivity index (χ3v) is 3.23. The van der Waals surface area contributed by atoms with Crippen molar-refractivity contribution < 1.29 is 4.79 Å². The zero-order valence-electron chi connectivity index (χ0n) is 11.4. The van der Waals surface area contributed by atoms with Crippen LogP contribution < -0.4 is 4.90 Å². The number of benzene rings is 1. The van der Waals surface area contributed by atoms with Crippen LogP contribution in [0.25, 0.3) is 0 Å². The van der Waals surface area contributed by atoms with Crippen molar-refractivity contribution in [2.75, 3.05) is 11.4 Å². The van der Waals surface area contributed by atoms with E-state index in [0.29, 0.717) is 17.3 Å². The van der Waals surface area contributed by atoms with Gasteiger partial charge in [-0.25, -0.2) is 4.98 Å². The molecule has 1 heterocycles. The van der Waals surface area contributed by atoms with Crippen LogP contribution in [-0.4, -0.2) is 17.4 Å². The maximum absolute atomic E-state index is 12.6. The van der Waals surface area contributed by atoms with Gasteiger partial charge < -0.3 is 4.90 Å². The molecule has 0 aliphatic carbocycles. The van der Waals surface area contributed by atoms with Crippen molar-refractivity contribution in [2.24, 2.45) is 0 Å². The molecule has 4 heteroatoms. The molecule has 0 aliphatic rings. The van der Waals surface area contributed by atoms with Crippen LogP contribution >= 0.6 is 11.6 Å². The summed E-state index contributed by atoms with van der Waals surface area (Å²) in [5.74, 6) is -0.0473. The number of aromatic nitrogens is 1. The molecule has 0 unspecified atom stereocenters. The first-order valence-corrected chi connectivity index (χ1v) is 7.08. The number of hydrogen-bond donors (Lipinski definition) is 0. The zero-order chi connectivity index (χ0) is 14.4. The molecule has 0 fully saturated rings. The van der Waals surface area contributed by atoms with E-state index in [-0.39, 0.29) is 5.91 Å². The standard InChI is InChI=1S/C16H17ClN2O/c1-2-3-11-19(14-7-5-4-6-8-14)16(20)13-9-10-18-15(17)12-13/h4-10,12H,2-3,11H2,1H3. The second-order valence-electron chi connectivity index (χ2n) is 4.51. The summed E-state index contributed by atoms with van der Waals surface area (Å²) in [6.07, 6.45) is 3.55. The Balaban J connectivity index is 2.29. The fraction of sp³-hybridized carbons (Fsp3) is 0.250. The molecular weight excluding hydrogens is 272 g/mol. The van der Waals surface area contributed by atoms with Crippen LogP contribution in [0.15, 0.2) is 48.7 Å². The van der Waals surface area contributed by atoms with E-state index >= 15 is 0 Å². The summed E-state index contributed by atoms with van der Waals surface area (Å²) in [4.78, 5) is 18.3. The summed E-state index contributed by atoms with van der Waals surface area (Å²) >= 11 is 5.86. The van der Waals surface area contributed by atoms with E-state index in [4.69, 9.17) is 11.6 Å². The van der Waals surface area contributed by atoms with Gasteiger partial charge in [0.25, 0.3) is 5.91 Å². The van der Waals surface area contributed by atoms with Crippen LogP contribution in [0.5, 0.6) is 0 Å². The number of carbonyl (C=O) groups is 1. The number of carbonyl (C=O) groups excluding carboxylic acids is 1. The Morgan fingerprint density at radius 1 is 1.25 bits per heavy atom. The fourth-order valence-electron chi connectivity index (χ4n) is 1.96. The molecule has 0 bridgehead atoms. The molecule has 0 spiro atoms. The van der Waals surface area contributed by atoms with E-state index in [0.717, 1.165) is 18.5 Å². The van der Waals surface area contributed by atoms with Gasteiger partial charge in [-0.2, -0.15) is 0 Å². The Labute approximate surface area is 124 Å². The largest absolute Gasteiger partial charge is 0.308 e. The van der Waals surface area contributed by atoms with E-state index in [9.17, 15) is 4.79 Å². The molecule has 3 nitrogen and oxygen atoms in total. The molecule has 104 valence electrons. The average Bonchev–Trinajstić information content (AvgIpc) is 2.48. The summed E-state index contributed by atoms with van der Waals surface area (Å²) in [5.41, 5.74) is 1.46. The maximum atomic E-state index is 12.6. The SMILES string of the molecule is CCCCN(C(=O)c1ccnc(Cl)c1)c1ccccc1. The summed E-state index contributed by atoms with van der Waals surface area (Å²) in [6, 6.07) is 13.0. The molecule has 1 aromatic heterocycles. The Kier molecular flexibility index (Phi) is 5.13. The molecule has 2 rings (SSSR count). The number of hydrogen-bond acceptors (Lipinski definition) is 2. The molecule has 0 aliphatic heterocycles. The number of anilines is 1. The van der Waals surface area contributed by atoms with Gasteiger partial charge in [-0.05, 0) is 30.7 Å². The lowest BCUT2D eigenvalue weighted by Crippen LogP contribution is -2.31. The lowest BCUT2D eigenvalue weighted by Gasteiger charge is -2.22. The second-order valence-corrected chi connectivity index (χ2v) is 4.90. The Bertz CT molecular complexity index is 572. The van der Waals surface area contributed by atoms with E-state index in [1.165, 1.54) is 0 Å². The molecular formula is C16H17ClN2O. The number of unbranched alkanes of at least 4 members (excludes halogenated alkanes) is 1. The van der Waals surface area contributed by atoms with Crippen LogP contribution in [0, 0.1) is 0 Å². The van der Waals surface area contributed by atoms with Crippen molar-refractivity contribution in [1.29, 1.82) is 0 Å². The molecule has 20 heavy (non-hydrogen) atoms. The molecule has 1 aromatic carbocycles. The minimum Gasteiger partial charge on any atom is -0.308 e. The van der Waals surface area contributed by atoms with Crippen molar-refractivity contribution in [3.05, 3.63) is 59.4 Å². The minimum atomic E-state index is -0.0473. The Morgan fingerprint density at radius 3 is 2.65 bits per heavy atom. The van der Waals surface area contributed by atoms with Crippen molar-refractivity contribution in [2.45, 2.75) is 19.8 Å². The first-order chi connectivity index (χ1) is 9.72. The van der Waals surface area contributed by atoms with Crippen LogP contribution in [-0.2, 0) is 0 Å². The highest BCUT2D eigenvalue weighted by Gasteiger charge is 2.17. The van der Waals surface area contributed by atoms with E-state index < -0.39 is 0 Å². The molecule has 0 saturated heterocycles. The van der Waals surface area contributed by atoms with Gasteiger partial charge in [0.15, 0.2) is 0 Å². The van der Waals surface area contributed by atoms with Gasteiger partial charge >= 0.3 is 0 Å². The number of para-hydroxylation sites is 1. The highest BCUT2D eigenvalue weighted by atomic mass is 35.5. The monoisotopic (exact) mass is 288 g/mol. The van der Waals surface area contributed by atoms with Crippen LogP contribution in [0.1, 0.15) is 30.1 Å². The topological polar surface area (TPSA) is 33.2 Å². The predicted molar refractivity (Wildman–Crippen MR) is 82.3 cm³/mol. The van der Waals surface area contributed by atoms with Crippen LogP contribution in [0.4, 0.5) is 5.69 Å². The molecule has 0 N–H and O–H groups in total. The lowest BCUT2D eigenvalue weighted by molar-refractivity contribution is 0.0986. The van der Waals surface area contributed by atoms with E-state index in [1.807, 2.05) is 30.3 Å². The second kappa shape index (κ2) is 7.06. The van der Waals surface area contributed by atoms with Crippen molar-refractivity contribution in [3.8, 4) is 0 Å². The van der Waals surface area contributed by atoms with Crippen LogP contribution in [0.2, 0.25) is 5.15 Å². The van der Waals surface area contributed by atoms with Gasteiger partial charge in [0.1, 0.15) is 5.15 Å². The summed E-state index contributed by atoms with van der Waals surface area (Å²) in [7, 11) is 0. The highest BCUT2D eigenvalue weighted by molar-refractivity contribution is 6.29. The van der Waals surface area contributed by atoms with E-state index in [1.54, 1.807) is 23.2 Å². The van der Waals surface area contributed by atoms with Gasteiger partial charge in [-0.3, -0.25) is 4.79 Å². The minimum absolute atomic E-state index is 0.0473. The number of rotatable bonds is 5. The van der Waals surface area contributed by atoms with E-state index in [2.05, 4.69) is 11.9 Å². The number of halogens is 1. The van der Waals surface area contributed by atoms with Gasteiger partial charge in [-0.1, -0.05) is 43.1 Å². The predicted octanol–water partition coefficient (Wildman–Crippen LogP) is 4.18. The summed E-state index contributed by atoms with van der Waals surface area (Å²) in [6.45, 7) is 2.80. The third kappa shape index (κ3) is 3.58. The van der Waals surface area contributed by atoms with Crippen molar-refractivity contribution in [1.82, 2.24) is 4.98 Å². The first-order valence-electron chi connectivity index (χ1n) is 6.71. The first kappa shape index (κ1) is 14.5. The molecule has 0 atom stereocenters. The smallest absolute Gasteiger partial charge is 0.258 e. The lowest BCUT2D eigenvalue weighted by atomic mass is 10.2.